The van der Waals surface area contributed by atoms with Crippen LogP contribution in [0.1, 0.15) is 51.9 Å². The molecule has 0 aliphatic heterocycles. The Labute approximate surface area is 112 Å². The Hall–Kier alpha value is -0.730. The number of hydrogen-bond acceptors (Lipinski definition) is 6. The number of nitrogens with two attached hydrogens (primary N) is 1. The zero-order valence-corrected chi connectivity index (χ0v) is 11.2. The number of carbonyl (C=O) groups is 1. The van der Waals surface area contributed by atoms with Crippen molar-refractivity contribution < 1.29 is 30.3 Å². The first-order chi connectivity index (χ1) is 8.65. The lowest BCUT2D eigenvalue weighted by Gasteiger charge is -2.38. The summed E-state index contributed by atoms with van der Waals surface area (Å²) in [5.41, 5.74) is 4.95. The fourth-order valence-corrected chi connectivity index (χ4v) is 1.77. The van der Waals surface area contributed by atoms with Crippen LogP contribution >= 0.6 is 0 Å². The van der Waals surface area contributed by atoms with Gasteiger partial charge in [-0.05, 0) is 19.3 Å². The van der Waals surface area contributed by atoms with Gasteiger partial charge < -0.3 is 31.3 Å². The summed E-state index contributed by atoms with van der Waals surface area (Å²) >= 11 is 0. The second-order valence-corrected chi connectivity index (χ2v) is 4.87. The van der Waals surface area contributed by atoms with E-state index >= 15 is 0 Å². The van der Waals surface area contributed by atoms with Crippen LogP contribution in [-0.4, -0.2) is 49.1 Å². The summed E-state index contributed by atoms with van der Waals surface area (Å²) in [6, 6.07) is 0. The van der Waals surface area contributed by atoms with Gasteiger partial charge in [-0.3, -0.25) is 4.79 Å². The molecule has 114 valence electrons. The summed E-state index contributed by atoms with van der Waals surface area (Å²) in [6.45, 7) is 1.72. The van der Waals surface area contributed by atoms with Gasteiger partial charge in [0.05, 0.1) is 0 Å². The van der Waals surface area contributed by atoms with Crippen molar-refractivity contribution in [2.24, 2.45) is 5.73 Å². The fourth-order valence-electron chi connectivity index (χ4n) is 1.77. The number of aliphatic hydroxyl groups excluding tert-OH is 1. The molecule has 0 radical (unpaired) electrons. The molecule has 0 rings (SSSR count). The van der Waals surface area contributed by atoms with Gasteiger partial charge in [0.1, 0.15) is 6.10 Å². The molecule has 1 amide bonds. The fraction of sp³-hybridized carbons (Fsp3) is 0.917. The van der Waals surface area contributed by atoms with Crippen LogP contribution in [0.15, 0.2) is 0 Å². The van der Waals surface area contributed by atoms with E-state index in [4.69, 9.17) is 5.73 Å². The Morgan fingerprint density at radius 3 is 2.21 bits per heavy atom. The van der Waals surface area contributed by atoms with Gasteiger partial charge >= 0.3 is 0 Å². The standard InChI is InChI=1S/C12H25NO6/c1-2-6-9(14)12(18,19)11(16,17)8-5-3-4-7-10(13)15/h9,14,16-19H,2-8H2,1H3,(H2,13,15). The highest BCUT2D eigenvalue weighted by Crippen LogP contribution is 2.28. The van der Waals surface area contributed by atoms with E-state index in [2.05, 4.69) is 0 Å². The molecular formula is C12H25NO6. The van der Waals surface area contributed by atoms with Gasteiger partial charge in [-0.2, -0.15) is 0 Å². The largest absolute Gasteiger partial charge is 0.387 e. The summed E-state index contributed by atoms with van der Waals surface area (Å²) in [7, 11) is 0. The number of carbonyl (C=O) groups excluding carboxylic acids is 1. The molecule has 19 heavy (non-hydrogen) atoms. The Bertz CT molecular complexity index is 279. The molecule has 1 atom stereocenters. The maximum absolute atomic E-state index is 10.5. The van der Waals surface area contributed by atoms with Crippen molar-refractivity contribution in [2.75, 3.05) is 0 Å². The molecule has 0 aliphatic carbocycles. The predicted molar refractivity (Wildman–Crippen MR) is 67.5 cm³/mol. The van der Waals surface area contributed by atoms with E-state index in [1.54, 1.807) is 6.92 Å². The predicted octanol–water partition coefficient (Wildman–Crippen LogP) is -1.05. The Morgan fingerprint density at radius 2 is 1.74 bits per heavy atom. The lowest BCUT2D eigenvalue weighted by molar-refractivity contribution is -0.386. The van der Waals surface area contributed by atoms with Crippen LogP contribution in [0.5, 0.6) is 0 Å². The molecular weight excluding hydrogens is 254 g/mol. The highest BCUT2D eigenvalue weighted by Gasteiger charge is 2.51. The highest BCUT2D eigenvalue weighted by molar-refractivity contribution is 5.73. The SMILES string of the molecule is CCCC(O)C(O)(O)C(O)(O)CCCCCC(N)=O. The van der Waals surface area contributed by atoms with Crippen LogP contribution in [0.25, 0.3) is 0 Å². The number of amides is 1. The van der Waals surface area contributed by atoms with E-state index in [0.717, 1.165) is 0 Å². The normalized spacial score (nSPS) is 14.4. The van der Waals surface area contributed by atoms with Crippen molar-refractivity contribution in [1.29, 1.82) is 0 Å². The van der Waals surface area contributed by atoms with Gasteiger partial charge in [0.25, 0.3) is 0 Å². The van der Waals surface area contributed by atoms with Crippen molar-refractivity contribution in [3.8, 4) is 0 Å². The van der Waals surface area contributed by atoms with E-state index in [1.807, 2.05) is 0 Å². The van der Waals surface area contributed by atoms with E-state index in [0.29, 0.717) is 19.3 Å². The van der Waals surface area contributed by atoms with E-state index in [1.165, 1.54) is 0 Å². The summed E-state index contributed by atoms with van der Waals surface area (Å²) in [6.07, 6.45) is 0.000304. The van der Waals surface area contributed by atoms with Crippen molar-refractivity contribution >= 4 is 5.91 Å². The van der Waals surface area contributed by atoms with Crippen LogP contribution in [0.3, 0.4) is 0 Å². The minimum atomic E-state index is -2.98. The molecule has 0 saturated carbocycles. The topological polar surface area (TPSA) is 144 Å². The molecule has 0 aromatic rings. The van der Waals surface area contributed by atoms with Crippen LogP contribution < -0.4 is 5.73 Å². The van der Waals surface area contributed by atoms with Crippen LogP contribution in [0.4, 0.5) is 0 Å². The van der Waals surface area contributed by atoms with Gasteiger partial charge in [0.2, 0.25) is 17.5 Å². The Morgan fingerprint density at radius 1 is 1.16 bits per heavy atom. The average Bonchev–Trinajstić information content (AvgIpc) is 2.28. The monoisotopic (exact) mass is 279 g/mol. The first kappa shape index (κ1) is 18.3. The Balaban J connectivity index is 4.24. The Kier molecular flexibility index (Phi) is 7.46. The van der Waals surface area contributed by atoms with Gasteiger partial charge in [-0.15, -0.1) is 0 Å². The van der Waals surface area contributed by atoms with Crippen molar-refractivity contribution in [1.82, 2.24) is 0 Å². The molecule has 1 unspecified atom stereocenters. The van der Waals surface area contributed by atoms with E-state index in [-0.39, 0.29) is 25.7 Å². The van der Waals surface area contributed by atoms with Gasteiger partial charge in [0, 0.05) is 12.8 Å². The average molecular weight is 279 g/mol. The second kappa shape index (κ2) is 7.76. The number of rotatable bonds is 10. The molecule has 0 heterocycles. The maximum atomic E-state index is 10.5. The van der Waals surface area contributed by atoms with Crippen LogP contribution in [0.2, 0.25) is 0 Å². The number of aliphatic hydroxyl groups is 5. The number of primary amides is 1. The molecule has 0 bridgehead atoms. The maximum Gasteiger partial charge on any atom is 0.245 e. The zero-order valence-electron chi connectivity index (χ0n) is 11.2. The molecule has 7 nitrogen and oxygen atoms in total. The minimum absolute atomic E-state index is 0.0392. The molecule has 0 aromatic heterocycles. The first-order valence-electron chi connectivity index (χ1n) is 6.51. The van der Waals surface area contributed by atoms with Crippen molar-refractivity contribution in [3.63, 3.8) is 0 Å². The molecule has 0 spiro atoms. The number of hydrogen-bond donors (Lipinski definition) is 6. The highest BCUT2D eigenvalue weighted by atomic mass is 16.6. The summed E-state index contributed by atoms with van der Waals surface area (Å²) in [4.78, 5) is 10.5. The molecule has 0 aromatic carbocycles. The number of unbranched alkanes of at least 4 members (excludes halogenated alkanes) is 2. The third-order valence-electron chi connectivity index (χ3n) is 3.06. The van der Waals surface area contributed by atoms with E-state index in [9.17, 15) is 30.3 Å². The third kappa shape index (κ3) is 5.84. The third-order valence-corrected chi connectivity index (χ3v) is 3.06. The molecule has 0 fully saturated rings. The minimum Gasteiger partial charge on any atom is -0.387 e. The quantitative estimate of drug-likeness (QED) is 0.222. The van der Waals surface area contributed by atoms with Gasteiger partial charge in [-0.1, -0.05) is 19.8 Å². The summed E-state index contributed by atoms with van der Waals surface area (Å²) in [5, 5.41) is 48.0. The van der Waals surface area contributed by atoms with Crippen LogP contribution in [0, 0.1) is 0 Å². The molecule has 0 saturated heterocycles. The van der Waals surface area contributed by atoms with Crippen LogP contribution in [-0.2, 0) is 4.79 Å². The molecule has 0 aliphatic rings. The lowest BCUT2D eigenvalue weighted by Crippen LogP contribution is -2.61. The zero-order chi connectivity index (χ0) is 15.1. The smallest absolute Gasteiger partial charge is 0.245 e. The van der Waals surface area contributed by atoms with Gasteiger partial charge in [0.15, 0.2) is 0 Å². The second-order valence-electron chi connectivity index (χ2n) is 4.87. The molecule has 7 N–H and O–H groups in total. The summed E-state index contributed by atoms with van der Waals surface area (Å²) < 4.78 is 0. The summed E-state index contributed by atoms with van der Waals surface area (Å²) in [5.74, 6) is -6.21. The van der Waals surface area contributed by atoms with E-state index < -0.39 is 23.6 Å². The molecule has 7 heteroatoms. The van der Waals surface area contributed by atoms with Gasteiger partial charge in [-0.25, -0.2) is 0 Å². The van der Waals surface area contributed by atoms with Crippen molar-refractivity contribution in [3.05, 3.63) is 0 Å². The lowest BCUT2D eigenvalue weighted by atomic mass is 9.92. The van der Waals surface area contributed by atoms with Crippen molar-refractivity contribution in [2.45, 2.75) is 69.5 Å². The first-order valence-corrected chi connectivity index (χ1v) is 6.51.